The maximum Gasteiger partial charge on any atom is 0.408 e. The van der Waals surface area contributed by atoms with E-state index in [0.29, 0.717) is 25.8 Å². The fourth-order valence-corrected chi connectivity index (χ4v) is 4.09. The lowest BCUT2D eigenvalue weighted by molar-refractivity contribution is -0.123. The third-order valence-corrected chi connectivity index (χ3v) is 5.86. The summed E-state index contributed by atoms with van der Waals surface area (Å²) in [7, 11) is 0. The molecular weight excluding hydrogens is 532 g/mol. The van der Waals surface area contributed by atoms with E-state index < -0.39 is 29.4 Å². The summed E-state index contributed by atoms with van der Waals surface area (Å²) in [5, 5.41) is 8.13. The Morgan fingerprint density at radius 1 is 0.683 bits per heavy atom. The summed E-state index contributed by atoms with van der Waals surface area (Å²) < 4.78 is 37.6. The zero-order chi connectivity index (χ0) is 30.6. The number of carbonyl (C=O) groups excluding carboxylic acids is 3. The van der Waals surface area contributed by atoms with Crippen LogP contribution in [0, 0.1) is 11.6 Å². The topological polar surface area (TPSA) is 106 Å². The van der Waals surface area contributed by atoms with Gasteiger partial charge in [-0.15, -0.1) is 0 Å². The van der Waals surface area contributed by atoms with Crippen molar-refractivity contribution in [1.82, 2.24) is 16.0 Å². The number of alkyl carbamates (subject to hydrolysis) is 2. The molecule has 0 radical (unpaired) electrons. The molecule has 0 aromatic heterocycles. The van der Waals surface area contributed by atoms with E-state index >= 15 is 0 Å². The second-order valence-corrected chi connectivity index (χ2v) is 11.9. The number of amides is 3. The number of hydrogen-bond acceptors (Lipinski definition) is 5. The molecule has 10 heteroatoms. The molecule has 41 heavy (non-hydrogen) atoms. The van der Waals surface area contributed by atoms with Gasteiger partial charge in [0.2, 0.25) is 5.91 Å². The van der Waals surface area contributed by atoms with E-state index in [1.807, 2.05) is 0 Å². The summed E-state index contributed by atoms with van der Waals surface area (Å²) in [6.07, 6.45) is 0.575. The van der Waals surface area contributed by atoms with Crippen LogP contribution in [0.3, 0.4) is 0 Å². The molecule has 1 atom stereocenters. The van der Waals surface area contributed by atoms with Crippen LogP contribution in [0.1, 0.15) is 84.3 Å². The zero-order valence-corrected chi connectivity index (χ0v) is 24.8. The molecule has 0 fully saturated rings. The second kappa shape index (κ2) is 15.3. The Morgan fingerprint density at radius 3 is 1.61 bits per heavy atom. The van der Waals surface area contributed by atoms with Crippen LogP contribution in [0.2, 0.25) is 0 Å². The van der Waals surface area contributed by atoms with Crippen LogP contribution in [0.15, 0.2) is 48.5 Å². The van der Waals surface area contributed by atoms with Gasteiger partial charge in [0, 0.05) is 19.0 Å². The van der Waals surface area contributed by atoms with E-state index in [2.05, 4.69) is 16.0 Å². The van der Waals surface area contributed by atoms with Crippen LogP contribution in [0.25, 0.3) is 0 Å². The zero-order valence-electron chi connectivity index (χ0n) is 24.8. The average molecular weight is 576 g/mol. The summed E-state index contributed by atoms with van der Waals surface area (Å²) >= 11 is 0. The van der Waals surface area contributed by atoms with Crippen LogP contribution < -0.4 is 16.0 Å². The first-order valence-corrected chi connectivity index (χ1v) is 13.9. The molecule has 0 aliphatic rings. The number of ether oxygens (including phenoxy) is 2. The van der Waals surface area contributed by atoms with E-state index in [1.54, 1.807) is 65.8 Å². The Bertz CT molecular complexity index is 1080. The maximum absolute atomic E-state index is 13.5. The van der Waals surface area contributed by atoms with Gasteiger partial charge in [0.05, 0.1) is 0 Å². The maximum atomic E-state index is 13.5. The highest BCUT2D eigenvalue weighted by Gasteiger charge is 2.24. The Balaban J connectivity index is 1.97. The summed E-state index contributed by atoms with van der Waals surface area (Å²) in [6.45, 7) is 11.0. The highest BCUT2D eigenvalue weighted by Crippen LogP contribution is 2.29. The van der Waals surface area contributed by atoms with Gasteiger partial charge in [0.1, 0.15) is 28.9 Å². The number of hydrogen-bond donors (Lipinski definition) is 3. The monoisotopic (exact) mass is 575 g/mol. The molecule has 0 aliphatic heterocycles. The smallest absolute Gasteiger partial charge is 0.408 e. The van der Waals surface area contributed by atoms with Gasteiger partial charge in [-0.05, 0) is 103 Å². The highest BCUT2D eigenvalue weighted by atomic mass is 19.1. The largest absolute Gasteiger partial charge is 0.444 e. The molecule has 0 unspecified atom stereocenters. The Hall–Kier alpha value is -3.69. The van der Waals surface area contributed by atoms with E-state index in [4.69, 9.17) is 9.47 Å². The average Bonchev–Trinajstić information content (AvgIpc) is 2.85. The van der Waals surface area contributed by atoms with Gasteiger partial charge in [-0.3, -0.25) is 4.79 Å². The third-order valence-electron chi connectivity index (χ3n) is 5.86. The summed E-state index contributed by atoms with van der Waals surface area (Å²) in [5.74, 6) is -1.19. The predicted molar refractivity (Wildman–Crippen MR) is 154 cm³/mol. The van der Waals surface area contributed by atoms with Crippen molar-refractivity contribution in [2.45, 2.75) is 90.4 Å². The third kappa shape index (κ3) is 13.5. The quantitative estimate of drug-likeness (QED) is 0.262. The molecule has 2 rings (SSSR count). The molecule has 0 saturated heterocycles. The first-order chi connectivity index (χ1) is 19.1. The van der Waals surface area contributed by atoms with Crippen molar-refractivity contribution in [1.29, 1.82) is 0 Å². The van der Waals surface area contributed by atoms with Crippen molar-refractivity contribution in [2.24, 2.45) is 0 Å². The number of benzene rings is 2. The molecular formula is C31H43F2N3O5. The minimum atomic E-state index is -0.879. The van der Waals surface area contributed by atoms with E-state index in [-0.39, 0.29) is 36.4 Å². The van der Waals surface area contributed by atoms with Crippen LogP contribution in [0.4, 0.5) is 18.4 Å². The van der Waals surface area contributed by atoms with Gasteiger partial charge in [0.15, 0.2) is 0 Å². The van der Waals surface area contributed by atoms with Crippen LogP contribution in [-0.4, -0.2) is 48.4 Å². The number of carbonyl (C=O) groups is 3. The second-order valence-electron chi connectivity index (χ2n) is 11.9. The first-order valence-electron chi connectivity index (χ1n) is 13.9. The molecule has 0 saturated carbocycles. The van der Waals surface area contributed by atoms with Crippen LogP contribution in [-0.2, 0) is 14.3 Å². The molecule has 0 spiro atoms. The first kappa shape index (κ1) is 33.5. The van der Waals surface area contributed by atoms with Crippen molar-refractivity contribution in [3.05, 3.63) is 71.3 Å². The molecule has 3 N–H and O–H groups in total. The van der Waals surface area contributed by atoms with Gasteiger partial charge in [0.25, 0.3) is 0 Å². The SMILES string of the molecule is CC(C)(C)OC(=O)NCCC[C@H](NC(=O)OC(C)(C)C)C(=O)NCCCC(c1ccc(F)cc1)c1ccc(F)cc1. The van der Waals surface area contributed by atoms with Crippen molar-refractivity contribution in [3.8, 4) is 0 Å². The number of halogens is 2. The highest BCUT2D eigenvalue weighted by molar-refractivity contribution is 5.85. The van der Waals surface area contributed by atoms with Crippen LogP contribution in [0.5, 0.6) is 0 Å². The van der Waals surface area contributed by atoms with Crippen molar-refractivity contribution < 1.29 is 32.6 Å². The predicted octanol–water partition coefficient (Wildman–Crippen LogP) is 6.19. The summed E-state index contributed by atoms with van der Waals surface area (Å²) in [4.78, 5) is 37.3. The Labute approximate surface area is 241 Å². The fourth-order valence-electron chi connectivity index (χ4n) is 4.09. The lowest BCUT2D eigenvalue weighted by atomic mass is 9.87. The van der Waals surface area contributed by atoms with Gasteiger partial charge < -0.3 is 25.4 Å². The molecule has 0 heterocycles. The van der Waals surface area contributed by atoms with Gasteiger partial charge in [-0.2, -0.15) is 0 Å². The van der Waals surface area contributed by atoms with Crippen molar-refractivity contribution >= 4 is 18.1 Å². The van der Waals surface area contributed by atoms with Crippen LogP contribution >= 0.6 is 0 Å². The number of rotatable bonds is 12. The molecule has 3 amide bonds. The lowest BCUT2D eigenvalue weighted by Crippen LogP contribution is -2.48. The molecule has 0 bridgehead atoms. The fraction of sp³-hybridized carbons (Fsp3) is 0.516. The molecule has 8 nitrogen and oxygen atoms in total. The van der Waals surface area contributed by atoms with Gasteiger partial charge in [-0.25, -0.2) is 18.4 Å². The number of nitrogens with one attached hydrogen (secondary N) is 3. The minimum absolute atomic E-state index is 0.122. The Kier molecular flexibility index (Phi) is 12.5. The Morgan fingerprint density at radius 2 is 1.12 bits per heavy atom. The van der Waals surface area contributed by atoms with Gasteiger partial charge >= 0.3 is 12.2 Å². The normalized spacial score (nSPS) is 12.4. The van der Waals surface area contributed by atoms with E-state index in [0.717, 1.165) is 11.1 Å². The summed E-state index contributed by atoms with van der Waals surface area (Å²) in [6, 6.07) is 11.5. The van der Waals surface area contributed by atoms with Crippen molar-refractivity contribution in [2.75, 3.05) is 13.1 Å². The van der Waals surface area contributed by atoms with Gasteiger partial charge in [-0.1, -0.05) is 24.3 Å². The molecule has 2 aromatic rings. The standard InChI is InChI=1S/C31H43F2N3O5/c1-30(2,3)40-28(38)35-20-8-10-26(36-29(39)41-31(4,5)6)27(37)34-19-7-9-25(21-11-15-23(32)16-12-21)22-13-17-24(33)18-14-22/h11-18,25-26H,7-10,19-20H2,1-6H3,(H,34,37)(H,35,38)(H,36,39)/t26-/m0/s1. The van der Waals surface area contributed by atoms with Crippen molar-refractivity contribution in [3.63, 3.8) is 0 Å². The summed E-state index contributed by atoms with van der Waals surface area (Å²) in [5.41, 5.74) is 0.397. The molecule has 2 aromatic carbocycles. The van der Waals surface area contributed by atoms with E-state index in [1.165, 1.54) is 24.3 Å². The molecule has 0 aliphatic carbocycles. The lowest BCUT2D eigenvalue weighted by Gasteiger charge is -2.24. The van der Waals surface area contributed by atoms with E-state index in [9.17, 15) is 23.2 Å². The molecule has 226 valence electrons. The minimum Gasteiger partial charge on any atom is -0.444 e.